The molecular weight excluding hydrogens is 790 g/mol. The van der Waals surface area contributed by atoms with Gasteiger partial charge in [-0.2, -0.15) is 13.2 Å². The van der Waals surface area contributed by atoms with E-state index in [2.05, 4.69) is 24.2 Å². The molecule has 0 radical (unpaired) electrons. The molecular formula is C46H72ClN3O8S. The van der Waals surface area contributed by atoms with Crippen LogP contribution in [-0.4, -0.2) is 69.7 Å². The van der Waals surface area contributed by atoms with Crippen molar-refractivity contribution in [1.29, 1.82) is 0 Å². The van der Waals surface area contributed by atoms with Crippen LogP contribution in [0.3, 0.4) is 0 Å². The number of aliphatic carboxylic acids is 2. The highest BCUT2D eigenvalue weighted by Gasteiger charge is 2.58. The van der Waals surface area contributed by atoms with E-state index in [4.69, 9.17) is 11.6 Å². The van der Waals surface area contributed by atoms with Crippen LogP contribution in [0, 0.1) is 11.1 Å². The maximum absolute atomic E-state index is 12.6. The summed E-state index contributed by atoms with van der Waals surface area (Å²) in [6.07, 6.45) is 22.4. The number of hydroxylamine groups is 1. The predicted octanol–water partition coefficient (Wildman–Crippen LogP) is 11.8. The minimum absolute atomic E-state index is 0.0729. The molecule has 0 saturated heterocycles. The third-order valence-corrected chi connectivity index (χ3v) is 13.1. The van der Waals surface area contributed by atoms with Gasteiger partial charge >= 0.3 is 11.9 Å². The highest BCUT2D eigenvalue weighted by molar-refractivity contribution is 7.88. The summed E-state index contributed by atoms with van der Waals surface area (Å²) in [6, 6.07) is 15.0. The molecule has 2 unspecified atom stereocenters. The van der Waals surface area contributed by atoms with Crippen LogP contribution in [-0.2, 0) is 19.7 Å². The Balaban J connectivity index is 0.000000473. The van der Waals surface area contributed by atoms with Gasteiger partial charge in [0, 0.05) is 17.6 Å². The Labute approximate surface area is 359 Å². The molecule has 0 aromatic heterocycles. The van der Waals surface area contributed by atoms with Crippen LogP contribution >= 0.6 is 11.6 Å². The van der Waals surface area contributed by atoms with Crippen molar-refractivity contribution in [2.75, 3.05) is 13.6 Å². The molecule has 0 amide bonds. The zero-order valence-electron chi connectivity index (χ0n) is 35.9. The Morgan fingerprint density at radius 2 is 1.25 bits per heavy atom. The van der Waals surface area contributed by atoms with Crippen LogP contribution in [0.2, 0.25) is 5.02 Å². The van der Waals surface area contributed by atoms with Gasteiger partial charge in [0.1, 0.15) is 0 Å². The molecule has 3 rings (SSSR count). The fourth-order valence-corrected chi connectivity index (χ4v) is 9.20. The molecule has 0 aliphatic carbocycles. The molecule has 332 valence electrons. The van der Waals surface area contributed by atoms with E-state index < -0.39 is 32.7 Å². The van der Waals surface area contributed by atoms with Gasteiger partial charge in [0.05, 0.1) is 17.2 Å². The molecule has 2 aromatic rings. The van der Waals surface area contributed by atoms with Crippen molar-refractivity contribution < 1.29 is 37.5 Å². The molecule has 59 heavy (non-hydrogen) atoms. The van der Waals surface area contributed by atoms with E-state index in [1.165, 1.54) is 70.6 Å². The number of nitrogens with one attached hydrogen (secondary N) is 1. The molecule has 4 N–H and O–H groups in total. The smallest absolute Gasteiger partial charge is 0.328 e. The van der Waals surface area contributed by atoms with E-state index in [1.807, 2.05) is 36.4 Å². The molecule has 0 fully saturated rings. The zero-order chi connectivity index (χ0) is 43.5. The number of amidine groups is 1. The molecule has 11 nitrogen and oxygen atoms in total. The summed E-state index contributed by atoms with van der Waals surface area (Å²) < 4.78 is 33.0. The summed E-state index contributed by atoms with van der Waals surface area (Å²) in [7, 11) is -3.37. The number of carboxylic acid groups (broad SMARTS) is 2. The summed E-state index contributed by atoms with van der Waals surface area (Å²) in [4.78, 5) is 28.8. The van der Waals surface area contributed by atoms with Gasteiger partial charge in [-0.1, -0.05) is 185 Å². The first-order valence-corrected chi connectivity index (χ1v) is 24.0. The lowest BCUT2D eigenvalue weighted by atomic mass is 9.82. The van der Waals surface area contributed by atoms with Crippen molar-refractivity contribution in [3.63, 3.8) is 0 Å². The van der Waals surface area contributed by atoms with Crippen molar-refractivity contribution in [3.8, 4) is 0 Å². The van der Waals surface area contributed by atoms with E-state index in [9.17, 15) is 38.0 Å². The molecule has 1 aliphatic rings. The second kappa shape index (κ2) is 28.9. The number of unbranched alkanes of at least 4 members (excludes halogenated alkanes) is 20. The maximum Gasteiger partial charge on any atom is 0.328 e. The number of carbonyl (C=O) groups is 2. The van der Waals surface area contributed by atoms with Crippen LogP contribution < -0.4 is 5.32 Å². The molecule has 13 heteroatoms. The Hall–Kier alpha value is -3.48. The van der Waals surface area contributed by atoms with Gasteiger partial charge in [0.25, 0.3) is 10.1 Å². The second-order valence-corrected chi connectivity index (χ2v) is 18.0. The number of likely N-dealkylation sites (N-methyl/N-ethyl adjacent to an activating group) is 1. The fraction of sp³-hybridized carbons (Fsp3) is 0.652. The first kappa shape index (κ1) is 51.7. The van der Waals surface area contributed by atoms with Crippen LogP contribution in [0.5, 0.6) is 0 Å². The highest BCUT2D eigenvalue weighted by atomic mass is 35.5. The monoisotopic (exact) mass is 861 g/mol. The van der Waals surface area contributed by atoms with Crippen molar-refractivity contribution in [1.82, 2.24) is 5.32 Å². The average molecular weight is 863 g/mol. The Bertz CT molecular complexity index is 1700. The van der Waals surface area contributed by atoms with Gasteiger partial charge in [-0.3, -0.25) is 14.1 Å². The van der Waals surface area contributed by atoms with Gasteiger partial charge in [0.2, 0.25) is 17.0 Å². The Morgan fingerprint density at radius 3 is 1.69 bits per heavy atom. The summed E-state index contributed by atoms with van der Waals surface area (Å²) in [5, 5.41) is 35.9. The summed E-state index contributed by atoms with van der Waals surface area (Å²) in [5.74, 6) is -4.28. The van der Waals surface area contributed by atoms with E-state index in [0.717, 1.165) is 72.9 Å². The van der Waals surface area contributed by atoms with Gasteiger partial charge in [0.15, 0.2) is 5.84 Å². The van der Waals surface area contributed by atoms with Gasteiger partial charge in [-0.15, -0.1) is 0 Å². The Kier molecular flexibility index (Phi) is 25.3. The number of nitrogens with zero attached hydrogens (tertiary/aromatic N) is 2. The number of benzene rings is 2. The van der Waals surface area contributed by atoms with E-state index in [0.29, 0.717) is 29.4 Å². The van der Waals surface area contributed by atoms with Crippen molar-refractivity contribution in [3.05, 3.63) is 69.9 Å². The fourth-order valence-electron chi connectivity index (χ4n) is 7.83. The minimum Gasteiger partial charge on any atom is -0.623 e. The summed E-state index contributed by atoms with van der Waals surface area (Å²) in [5.41, 5.74) is 2.92. The lowest BCUT2D eigenvalue weighted by Gasteiger charge is -2.32. The lowest BCUT2D eigenvalue weighted by Crippen LogP contribution is -2.55. The average Bonchev–Trinajstić information content (AvgIpc) is 3.34. The first-order chi connectivity index (χ1) is 28.3. The van der Waals surface area contributed by atoms with Gasteiger partial charge < -0.3 is 20.7 Å². The van der Waals surface area contributed by atoms with Crippen LogP contribution in [0.4, 0.5) is 5.69 Å². The molecule has 1 heterocycles. The van der Waals surface area contributed by atoms with Crippen LogP contribution in [0.15, 0.2) is 53.5 Å². The second-order valence-electron chi connectivity index (χ2n) is 15.9. The molecule has 2 aromatic carbocycles. The summed E-state index contributed by atoms with van der Waals surface area (Å²) >= 11 is 6.10. The van der Waals surface area contributed by atoms with Gasteiger partial charge in [-0.05, 0) is 43.2 Å². The number of halogens is 1. The molecule has 2 atom stereocenters. The van der Waals surface area contributed by atoms with Gasteiger partial charge in [-0.25, -0.2) is 4.99 Å². The largest absolute Gasteiger partial charge is 0.623 e. The number of carboxylic acids is 2. The predicted molar refractivity (Wildman–Crippen MR) is 241 cm³/mol. The molecule has 0 bridgehead atoms. The van der Waals surface area contributed by atoms with Crippen molar-refractivity contribution in [2.45, 2.75) is 173 Å². The number of hydrogen-bond acceptors (Lipinski definition) is 7. The van der Waals surface area contributed by atoms with Crippen LogP contribution in [0.1, 0.15) is 179 Å². The summed E-state index contributed by atoms with van der Waals surface area (Å²) in [6.45, 7) is 4.57. The number of fused-ring (bicyclic) bond motifs is 1. The van der Waals surface area contributed by atoms with Crippen molar-refractivity contribution >= 4 is 50.9 Å². The number of hydrogen-bond donors (Lipinski definition) is 4. The number of aliphatic imine (C=N–C) groups is 1. The van der Waals surface area contributed by atoms with Crippen LogP contribution in [0.25, 0.3) is 0 Å². The topological polar surface area (TPSA) is 179 Å². The number of rotatable bonds is 29. The zero-order valence-corrected chi connectivity index (χ0v) is 37.5. The first-order valence-electron chi connectivity index (χ1n) is 22.2. The molecule has 1 aliphatic heterocycles. The van der Waals surface area contributed by atoms with Crippen molar-refractivity contribution in [2.24, 2.45) is 10.9 Å². The lowest BCUT2D eigenvalue weighted by molar-refractivity contribution is -0.439. The van der Waals surface area contributed by atoms with E-state index in [-0.39, 0.29) is 25.8 Å². The molecule has 0 spiro atoms. The molecule has 0 saturated carbocycles. The normalized spacial score (nSPS) is 14.3. The van der Waals surface area contributed by atoms with E-state index >= 15 is 0 Å². The SMILES string of the molecule is CCCCCCCCCCCCCC(C(=O)O)C(CCCCCCCCCCCCC)(C(=O)O)S(=O)(=O)O.CNC1=Nc2ccc(Cl)cc2C(c2ccccc2)=[N+]([O-])C1. The standard InChI is InChI=1S/C30H58O7S.C16H14ClN3O/c1-3-5-7-9-11-13-15-17-19-21-23-25-27(28(31)32)30(29(33)34,38(35,36)37)26-24-22-20-18-16-14-12-10-8-6-4-2;1-18-15-10-20(21)16(11-5-3-2-4-6-11)13-9-12(17)7-8-14(13)19-15/h27H,3-26H2,1-2H3,(H,31,32)(H,33,34)(H,35,36,37);2-9H,10H2,1H3,(H,18,19). The van der Waals surface area contributed by atoms with E-state index in [1.54, 1.807) is 19.2 Å². The maximum atomic E-state index is 12.6. The Morgan fingerprint density at radius 1 is 0.780 bits per heavy atom. The third-order valence-electron chi connectivity index (χ3n) is 11.3. The third kappa shape index (κ3) is 18.0. The quantitative estimate of drug-likeness (QED) is 0.0268. The highest BCUT2D eigenvalue weighted by Crippen LogP contribution is 2.37. The minimum atomic E-state index is -5.13.